The summed E-state index contributed by atoms with van der Waals surface area (Å²) in [5, 5.41) is 0. The van der Waals surface area contributed by atoms with E-state index in [1.54, 1.807) is 18.6 Å². The summed E-state index contributed by atoms with van der Waals surface area (Å²) >= 11 is 0. The minimum Gasteiger partial charge on any atom is -0.305 e. The van der Waals surface area contributed by atoms with Crippen LogP contribution in [-0.2, 0) is 113 Å². The van der Waals surface area contributed by atoms with Crippen molar-refractivity contribution in [2.45, 2.75) is 87.0 Å². The molecule has 0 saturated heterocycles. The molecule has 0 N–H and O–H groups in total. The molecule has 146 heavy (non-hydrogen) atoms. The van der Waals surface area contributed by atoms with Gasteiger partial charge in [-0.2, -0.15) is 0 Å². The van der Waals surface area contributed by atoms with Gasteiger partial charge >= 0.3 is 0 Å². The molecule has 0 fully saturated rings. The SMILES string of the molecule is CC(C)Cc1ccnc(-c2[c-]ccc(-c3ccccc3)c2)c1.CC(C)Cc1ccnc(-c2[c-]ccc(-c3ccccc3)c2)c1.CC(C)c1ccnc(-c2[c-]ccc(-c3ccccc3)c2)c1.CC(C)c1ccnc(-c2[c-]ccc(-c3ccccc3)c2)c1.Cc1ccnc(-c2[c-]ccc(-c3ccccc3)c2)c1.[Ir].[Ir].[Ir].[Ir].[Ir].[c-]1ccccc1-c1ccccn1.[c-]1ccccc1-c1ccccn1.[c-]1ccccc1-c1ccccn1. The largest absolute Gasteiger partial charge is 0.305 e. The molecule has 21 rings (SSSR count). The van der Waals surface area contributed by atoms with Crippen LogP contribution < -0.4 is 0 Å². The molecule has 0 aliphatic carbocycles. The molecule has 5 radical (unpaired) electrons. The van der Waals surface area contributed by atoms with Crippen LogP contribution in [-0.4, -0.2) is 39.9 Å². The van der Waals surface area contributed by atoms with Crippen molar-refractivity contribution in [3.63, 3.8) is 0 Å². The van der Waals surface area contributed by atoms with Crippen molar-refractivity contribution in [3.8, 4) is 146 Å². The van der Waals surface area contributed by atoms with E-state index in [1.807, 2.05) is 225 Å². The van der Waals surface area contributed by atoms with E-state index >= 15 is 0 Å². The smallest absolute Gasteiger partial charge is 0.0163 e. The Morgan fingerprint density at radius 2 is 0.404 bits per heavy atom. The van der Waals surface area contributed by atoms with Gasteiger partial charge in [-0.15, -0.1) is 285 Å². The van der Waals surface area contributed by atoms with Crippen LogP contribution in [0, 0.1) is 67.3 Å². The second-order valence-corrected chi connectivity index (χ2v) is 35.0. The summed E-state index contributed by atoms with van der Waals surface area (Å²) in [7, 11) is 0. The standard InChI is InChI=1S/2C21H20N.2C20H18N.C18H14N.3C11H8N.5Ir/c2*1-16(2)13-17-11-12-22-21(14-17)20-10-6-9-19(15-20)18-7-4-3-5-8-18;2*1-15(2)17-11-12-21-20(14-17)19-10-6-9-18(13-19)16-7-4-3-5-8-16;1-14-10-11-19-18(12-14)17-9-5-8-16(13-17)15-6-3-2-4-7-15;3*1-2-6-10(7-3-1)11-8-4-5-9-12-11;;;;;/h2*3-9,11-12,14-16H,13H2,1-2H3;2*3-9,11-15H,1-2H3;2-8,10-13H,1H3;3*1-6,8-9H;;;;;/q8*-1;;;;;. The summed E-state index contributed by atoms with van der Waals surface area (Å²) in [6.45, 7) is 19.8. The Morgan fingerprint density at radius 3 is 0.637 bits per heavy atom. The summed E-state index contributed by atoms with van der Waals surface area (Å²) in [5.74, 6) is 2.30. The van der Waals surface area contributed by atoms with Crippen molar-refractivity contribution in [1.29, 1.82) is 0 Å². The molecular weight excluding hydrogens is 2670 g/mol. The van der Waals surface area contributed by atoms with E-state index in [2.05, 4.69) is 387 Å². The van der Waals surface area contributed by atoms with Crippen molar-refractivity contribution >= 4 is 0 Å². The third-order valence-electron chi connectivity index (χ3n) is 22.6. The van der Waals surface area contributed by atoms with E-state index in [1.165, 1.54) is 83.5 Å². The Labute approximate surface area is 932 Å². The summed E-state index contributed by atoms with van der Waals surface area (Å²) in [5.41, 5.74) is 34.7. The third-order valence-corrected chi connectivity index (χ3v) is 22.6. The van der Waals surface area contributed by atoms with Crippen LogP contribution in [0.3, 0.4) is 0 Å². The zero-order valence-corrected chi connectivity index (χ0v) is 95.1. The Bertz CT molecular complexity index is 6720. The molecule has 0 aliphatic rings. The van der Waals surface area contributed by atoms with Gasteiger partial charge in [-0.1, -0.05) is 302 Å². The van der Waals surface area contributed by atoms with Crippen molar-refractivity contribution in [2.75, 3.05) is 0 Å². The minimum atomic E-state index is 0. The molecule has 0 unspecified atom stereocenters. The number of aromatic nitrogens is 8. The van der Waals surface area contributed by atoms with Gasteiger partial charge in [-0.3, -0.25) is 0 Å². The van der Waals surface area contributed by atoms with Crippen LogP contribution in [0.1, 0.15) is 95.0 Å². The van der Waals surface area contributed by atoms with Crippen LogP contribution in [0.2, 0.25) is 0 Å². The first-order valence-electron chi connectivity index (χ1n) is 47.9. The molecule has 0 aliphatic heterocycles. The maximum atomic E-state index is 4.52. The molecule has 8 heterocycles. The van der Waals surface area contributed by atoms with E-state index in [0.717, 1.165) is 103 Å². The van der Waals surface area contributed by atoms with Crippen LogP contribution in [0.5, 0.6) is 0 Å². The van der Waals surface area contributed by atoms with E-state index < -0.39 is 0 Å². The van der Waals surface area contributed by atoms with Gasteiger partial charge in [0.25, 0.3) is 0 Å². The topological polar surface area (TPSA) is 103 Å². The molecule has 0 bridgehead atoms. The average molecular weight is 2790 g/mol. The number of rotatable bonds is 19. The maximum absolute atomic E-state index is 4.52. The number of hydrogen-bond donors (Lipinski definition) is 0. The molecular formula is C133H114Ir5N8-8. The fraction of sp³-hybridized carbons (Fsp3) is 0.113. The molecule has 21 aromatic rings. The molecule has 0 spiro atoms. The number of aryl methyl sites for hydroxylation is 1. The van der Waals surface area contributed by atoms with Crippen molar-refractivity contribution < 1.29 is 101 Å². The minimum absolute atomic E-state index is 0. The van der Waals surface area contributed by atoms with E-state index in [-0.39, 0.29) is 101 Å². The second kappa shape index (κ2) is 62.9. The van der Waals surface area contributed by atoms with Crippen LogP contribution in [0.15, 0.2) is 480 Å². The Balaban J connectivity index is 0.000000187. The average Bonchev–Trinajstić information content (AvgIpc) is 0.836. The third kappa shape index (κ3) is 37.1. The van der Waals surface area contributed by atoms with Crippen LogP contribution in [0.4, 0.5) is 0 Å². The van der Waals surface area contributed by atoms with Crippen molar-refractivity contribution in [1.82, 2.24) is 39.9 Å². The number of hydrogen-bond acceptors (Lipinski definition) is 8. The van der Waals surface area contributed by atoms with E-state index in [0.29, 0.717) is 23.7 Å². The summed E-state index contributed by atoms with van der Waals surface area (Å²) in [6.07, 6.45) is 16.9. The molecule has 0 saturated carbocycles. The van der Waals surface area contributed by atoms with Gasteiger partial charge in [-0.25, -0.2) is 0 Å². The zero-order chi connectivity index (χ0) is 97.8. The predicted molar refractivity (Wildman–Crippen MR) is 585 cm³/mol. The van der Waals surface area contributed by atoms with Gasteiger partial charge in [0.05, 0.1) is 0 Å². The summed E-state index contributed by atoms with van der Waals surface area (Å²) < 4.78 is 0. The molecule has 8 nitrogen and oxygen atoms in total. The molecule has 0 atom stereocenters. The Morgan fingerprint density at radius 1 is 0.178 bits per heavy atom. The first kappa shape index (κ1) is 116. The maximum Gasteiger partial charge on any atom is 0.0163 e. The van der Waals surface area contributed by atoms with E-state index in [9.17, 15) is 0 Å². The van der Waals surface area contributed by atoms with Gasteiger partial charge in [-0.05, 0) is 165 Å². The number of benzene rings is 13. The van der Waals surface area contributed by atoms with Gasteiger partial charge in [0.15, 0.2) is 0 Å². The van der Waals surface area contributed by atoms with Crippen LogP contribution >= 0.6 is 0 Å². The van der Waals surface area contributed by atoms with Gasteiger partial charge in [0.1, 0.15) is 0 Å². The van der Waals surface area contributed by atoms with Crippen molar-refractivity contribution in [3.05, 3.63) is 557 Å². The Kier molecular flexibility index (Phi) is 49.9. The van der Waals surface area contributed by atoms with E-state index in [4.69, 9.17) is 0 Å². The second-order valence-electron chi connectivity index (χ2n) is 35.0. The first-order valence-corrected chi connectivity index (χ1v) is 47.9. The quantitative estimate of drug-likeness (QED) is 0.0738. The summed E-state index contributed by atoms with van der Waals surface area (Å²) in [6, 6.07) is 171. The van der Waals surface area contributed by atoms with Gasteiger partial charge in [0, 0.05) is 150 Å². The Hall–Kier alpha value is -13.7. The first-order chi connectivity index (χ1) is 69.1. The molecule has 0 amide bonds. The fourth-order valence-electron chi connectivity index (χ4n) is 15.4. The number of pyridine rings is 8. The normalized spacial score (nSPS) is 10.1. The van der Waals surface area contributed by atoms with Gasteiger partial charge < -0.3 is 39.9 Å². The molecule has 8 aromatic heterocycles. The molecule has 13 aromatic carbocycles. The van der Waals surface area contributed by atoms with Crippen LogP contribution in [0.25, 0.3) is 146 Å². The molecule has 739 valence electrons. The fourth-order valence-corrected chi connectivity index (χ4v) is 15.4. The zero-order valence-electron chi connectivity index (χ0n) is 83.1. The predicted octanol–water partition coefficient (Wildman–Crippen LogP) is 33.7. The van der Waals surface area contributed by atoms with Crippen molar-refractivity contribution in [2.24, 2.45) is 11.8 Å². The monoisotopic (exact) mass is 2790 g/mol. The molecule has 13 heteroatoms. The number of nitrogens with zero attached hydrogens (tertiary/aromatic N) is 8. The van der Waals surface area contributed by atoms with Gasteiger partial charge in [0.2, 0.25) is 0 Å². The summed E-state index contributed by atoms with van der Waals surface area (Å²) in [4.78, 5) is 35.1.